The molecule has 0 atom stereocenters. The second-order valence-electron chi connectivity index (χ2n) is 3.35. The fourth-order valence-corrected chi connectivity index (χ4v) is 1.57. The molecule has 0 spiro atoms. The molecule has 0 unspecified atom stereocenters. The van der Waals surface area contributed by atoms with Gasteiger partial charge in [-0.05, 0) is 12.1 Å². The van der Waals surface area contributed by atoms with Crippen molar-refractivity contribution in [2.75, 3.05) is 11.5 Å². The highest BCUT2D eigenvalue weighted by molar-refractivity contribution is 5.77. The predicted molar refractivity (Wildman–Crippen MR) is 59.8 cm³/mol. The Balaban J connectivity index is 2.21. The van der Waals surface area contributed by atoms with Crippen molar-refractivity contribution >= 4 is 22.9 Å². The van der Waals surface area contributed by atoms with Crippen LogP contribution in [0.4, 0.5) is 11.9 Å². The van der Waals surface area contributed by atoms with Gasteiger partial charge in [-0.25, -0.2) is 4.98 Å². The standard InChI is InChI=1S/C9H9N7/c10-8-14-9(11)16(15-8)6-3-5-1-2-12-7(5)13-4-6/h1-4H,(H,12,13)(H4,10,11,14,15). The van der Waals surface area contributed by atoms with Crippen LogP contribution in [0.15, 0.2) is 24.5 Å². The maximum Gasteiger partial charge on any atom is 0.241 e. The van der Waals surface area contributed by atoms with E-state index in [1.54, 1.807) is 6.20 Å². The molecule has 0 bridgehead atoms. The molecule has 80 valence electrons. The van der Waals surface area contributed by atoms with E-state index in [1.165, 1.54) is 4.68 Å². The molecule has 7 heteroatoms. The van der Waals surface area contributed by atoms with Crippen LogP contribution in [0, 0.1) is 0 Å². The number of anilines is 2. The Hall–Kier alpha value is -2.57. The smallest absolute Gasteiger partial charge is 0.241 e. The van der Waals surface area contributed by atoms with E-state index in [0.29, 0.717) is 0 Å². The van der Waals surface area contributed by atoms with Gasteiger partial charge < -0.3 is 16.5 Å². The number of hydrogen-bond donors (Lipinski definition) is 3. The number of H-pyrrole nitrogens is 1. The topological polar surface area (TPSA) is 111 Å². The number of nitrogens with two attached hydrogens (primary N) is 2. The van der Waals surface area contributed by atoms with Crippen molar-refractivity contribution in [2.24, 2.45) is 0 Å². The normalized spacial score (nSPS) is 11.0. The summed E-state index contributed by atoms with van der Waals surface area (Å²) in [5.74, 6) is 0.390. The van der Waals surface area contributed by atoms with Crippen LogP contribution in [0.3, 0.4) is 0 Å². The van der Waals surface area contributed by atoms with Gasteiger partial charge in [0.2, 0.25) is 11.9 Å². The summed E-state index contributed by atoms with van der Waals surface area (Å²) in [4.78, 5) is 11.1. The number of rotatable bonds is 1. The maximum absolute atomic E-state index is 5.67. The van der Waals surface area contributed by atoms with E-state index in [0.717, 1.165) is 16.7 Å². The molecule has 0 aromatic carbocycles. The first-order valence-corrected chi connectivity index (χ1v) is 4.65. The van der Waals surface area contributed by atoms with Crippen LogP contribution in [0.2, 0.25) is 0 Å². The van der Waals surface area contributed by atoms with Crippen LogP contribution < -0.4 is 11.5 Å². The SMILES string of the molecule is Nc1nc(N)n(-c2cnc3[nH]ccc3c2)n1. The molecule has 3 aromatic heterocycles. The Kier molecular flexibility index (Phi) is 1.61. The Labute approximate surface area is 90.1 Å². The molecule has 0 saturated carbocycles. The average Bonchev–Trinajstić information content (AvgIpc) is 2.83. The van der Waals surface area contributed by atoms with Gasteiger partial charge in [0.1, 0.15) is 5.65 Å². The minimum atomic E-state index is 0.145. The molecule has 3 rings (SSSR count). The largest absolute Gasteiger partial charge is 0.368 e. The van der Waals surface area contributed by atoms with Crippen molar-refractivity contribution in [3.63, 3.8) is 0 Å². The van der Waals surface area contributed by atoms with Gasteiger partial charge in [-0.3, -0.25) is 0 Å². The zero-order valence-corrected chi connectivity index (χ0v) is 8.25. The first-order valence-electron chi connectivity index (χ1n) is 4.65. The molecule has 16 heavy (non-hydrogen) atoms. The van der Waals surface area contributed by atoms with Gasteiger partial charge in [0.25, 0.3) is 0 Å². The summed E-state index contributed by atoms with van der Waals surface area (Å²) < 4.78 is 1.45. The molecule has 3 heterocycles. The molecule has 0 saturated heterocycles. The summed E-state index contributed by atoms with van der Waals surface area (Å²) in [6, 6.07) is 3.83. The van der Waals surface area contributed by atoms with Gasteiger partial charge in [-0.2, -0.15) is 9.67 Å². The number of hydrogen-bond acceptors (Lipinski definition) is 5. The number of nitrogens with one attached hydrogen (secondary N) is 1. The third-order valence-corrected chi connectivity index (χ3v) is 2.28. The van der Waals surface area contributed by atoms with Crippen LogP contribution in [-0.4, -0.2) is 24.7 Å². The molecule has 3 aromatic rings. The van der Waals surface area contributed by atoms with Crippen LogP contribution in [0.1, 0.15) is 0 Å². The summed E-state index contributed by atoms with van der Waals surface area (Å²) in [6.07, 6.45) is 3.48. The van der Waals surface area contributed by atoms with E-state index in [1.807, 2.05) is 18.3 Å². The predicted octanol–water partition coefficient (Wildman–Crippen LogP) is 0.308. The first kappa shape index (κ1) is 8.72. The van der Waals surface area contributed by atoms with Crippen LogP contribution in [0.25, 0.3) is 16.7 Å². The number of pyridine rings is 1. The third-order valence-electron chi connectivity index (χ3n) is 2.28. The number of nitrogens with zero attached hydrogens (tertiary/aromatic N) is 4. The van der Waals surface area contributed by atoms with Crippen LogP contribution in [-0.2, 0) is 0 Å². The number of fused-ring (bicyclic) bond motifs is 1. The molecule has 0 aliphatic carbocycles. The van der Waals surface area contributed by atoms with Crippen molar-refractivity contribution in [1.82, 2.24) is 24.7 Å². The monoisotopic (exact) mass is 215 g/mol. The number of nitrogen functional groups attached to an aromatic ring is 2. The van der Waals surface area contributed by atoms with Crippen molar-refractivity contribution < 1.29 is 0 Å². The van der Waals surface area contributed by atoms with Gasteiger partial charge in [0.05, 0.1) is 11.9 Å². The lowest BCUT2D eigenvalue weighted by Crippen LogP contribution is -2.02. The van der Waals surface area contributed by atoms with E-state index in [9.17, 15) is 0 Å². The third kappa shape index (κ3) is 1.18. The van der Waals surface area contributed by atoms with Crippen molar-refractivity contribution in [3.8, 4) is 5.69 Å². The second kappa shape index (κ2) is 2.96. The molecule has 0 fully saturated rings. The summed E-state index contributed by atoms with van der Waals surface area (Å²) in [5.41, 5.74) is 12.7. The Morgan fingerprint density at radius 1 is 1.31 bits per heavy atom. The highest BCUT2D eigenvalue weighted by Gasteiger charge is 2.07. The lowest BCUT2D eigenvalue weighted by molar-refractivity contribution is 0.891. The Bertz CT molecular complexity index is 651. The molecule has 5 N–H and O–H groups in total. The van der Waals surface area contributed by atoms with Crippen molar-refractivity contribution in [3.05, 3.63) is 24.5 Å². The highest BCUT2D eigenvalue weighted by Crippen LogP contribution is 2.16. The average molecular weight is 215 g/mol. The quantitative estimate of drug-likeness (QED) is 0.540. The molecular weight excluding hydrogens is 206 g/mol. The highest BCUT2D eigenvalue weighted by atomic mass is 15.4. The van der Waals surface area contributed by atoms with E-state index in [2.05, 4.69) is 20.1 Å². The maximum atomic E-state index is 5.67. The number of aromatic amines is 1. The van der Waals surface area contributed by atoms with E-state index in [-0.39, 0.29) is 11.9 Å². The molecule has 7 nitrogen and oxygen atoms in total. The minimum Gasteiger partial charge on any atom is -0.368 e. The Morgan fingerprint density at radius 2 is 2.19 bits per heavy atom. The fraction of sp³-hybridized carbons (Fsp3) is 0. The zero-order chi connectivity index (χ0) is 11.1. The van der Waals surface area contributed by atoms with E-state index < -0.39 is 0 Å². The molecule has 0 radical (unpaired) electrons. The zero-order valence-electron chi connectivity index (χ0n) is 8.25. The summed E-state index contributed by atoms with van der Waals surface area (Å²) >= 11 is 0. The summed E-state index contributed by atoms with van der Waals surface area (Å²) in [5, 5.41) is 4.96. The van der Waals surface area contributed by atoms with E-state index in [4.69, 9.17) is 11.5 Å². The lowest BCUT2D eigenvalue weighted by atomic mass is 10.3. The van der Waals surface area contributed by atoms with Crippen molar-refractivity contribution in [1.29, 1.82) is 0 Å². The van der Waals surface area contributed by atoms with Gasteiger partial charge in [-0.1, -0.05) is 0 Å². The van der Waals surface area contributed by atoms with Crippen LogP contribution >= 0.6 is 0 Å². The molecular formula is C9H9N7. The summed E-state index contributed by atoms with van der Waals surface area (Å²) in [6.45, 7) is 0. The molecule has 0 aliphatic rings. The second-order valence-corrected chi connectivity index (χ2v) is 3.35. The van der Waals surface area contributed by atoms with E-state index >= 15 is 0 Å². The van der Waals surface area contributed by atoms with Gasteiger partial charge >= 0.3 is 0 Å². The van der Waals surface area contributed by atoms with Crippen LogP contribution in [0.5, 0.6) is 0 Å². The van der Waals surface area contributed by atoms with Gasteiger partial charge in [0.15, 0.2) is 0 Å². The number of aromatic nitrogens is 5. The Morgan fingerprint density at radius 3 is 2.94 bits per heavy atom. The van der Waals surface area contributed by atoms with Crippen molar-refractivity contribution in [2.45, 2.75) is 0 Å². The summed E-state index contributed by atoms with van der Waals surface area (Å²) in [7, 11) is 0. The fourth-order valence-electron chi connectivity index (χ4n) is 1.57. The van der Waals surface area contributed by atoms with Gasteiger partial charge in [-0.15, -0.1) is 5.10 Å². The molecule has 0 aliphatic heterocycles. The minimum absolute atomic E-state index is 0.145. The lowest BCUT2D eigenvalue weighted by Gasteiger charge is -2.01. The van der Waals surface area contributed by atoms with Gasteiger partial charge in [0, 0.05) is 11.6 Å². The molecule has 0 amide bonds. The first-order chi connectivity index (χ1) is 7.74.